The van der Waals surface area contributed by atoms with Crippen molar-refractivity contribution in [2.45, 2.75) is 17.7 Å². The Morgan fingerprint density at radius 1 is 0.935 bits per heavy atom. The van der Waals surface area contributed by atoms with Gasteiger partial charge in [0.1, 0.15) is 5.75 Å². The summed E-state index contributed by atoms with van der Waals surface area (Å²) in [6.07, 6.45) is 1.94. The SMILES string of the molecule is COc1ccccc1NS(=O)(=O)c1ccc(C(=O)N2CCN(C(=O)C3CC3)CC2)cc1. The molecule has 0 spiro atoms. The van der Waals surface area contributed by atoms with Crippen LogP contribution in [-0.2, 0) is 14.8 Å². The predicted octanol–water partition coefficient (Wildman–Crippen LogP) is 2.19. The largest absolute Gasteiger partial charge is 0.495 e. The summed E-state index contributed by atoms with van der Waals surface area (Å²) in [5.41, 5.74) is 0.752. The van der Waals surface area contributed by atoms with E-state index in [2.05, 4.69) is 4.72 Å². The first kappa shape index (κ1) is 21.2. The minimum atomic E-state index is -3.83. The Hall–Kier alpha value is -3.07. The second-order valence-corrected chi connectivity index (χ2v) is 9.40. The van der Waals surface area contributed by atoms with E-state index in [0.717, 1.165) is 12.8 Å². The lowest BCUT2D eigenvalue weighted by molar-refractivity contribution is -0.134. The standard InChI is InChI=1S/C22H25N3O5S/c1-30-20-5-3-2-4-19(20)23-31(28,29)18-10-8-17(9-11-18)22(27)25-14-12-24(13-15-25)21(26)16-6-7-16/h2-5,8-11,16,23H,6-7,12-15H2,1H3. The fourth-order valence-corrected chi connectivity index (χ4v) is 4.68. The molecule has 4 rings (SSSR count). The van der Waals surface area contributed by atoms with Gasteiger partial charge in [-0.15, -0.1) is 0 Å². The lowest BCUT2D eigenvalue weighted by atomic mass is 10.1. The molecule has 9 heteroatoms. The van der Waals surface area contributed by atoms with Crippen LogP contribution in [0.2, 0.25) is 0 Å². The highest BCUT2D eigenvalue weighted by molar-refractivity contribution is 7.92. The number of hydrogen-bond donors (Lipinski definition) is 1. The van der Waals surface area contributed by atoms with E-state index < -0.39 is 10.0 Å². The van der Waals surface area contributed by atoms with Crippen LogP contribution in [0.15, 0.2) is 53.4 Å². The van der Waals surface area contributed by atoms with Gasteiger partial charge in [0.05, 0.1) is 17.7 Å². The second-order valence-electron chi connectivity index (χ2n) is 7.72. The smallest absolute Gasteiger partial charge is 0.262 e. The third kappa shape index (κ3) is 4.66. The minimum Gasteiger partial charge on any atom is -0.495 e. The number of piperazine rings is 1. The molecule has 1 saturated carbocycles. The van der Waals surface area contributed by atoms with Crippen LogP contribution in [0.25, 0.3) is 0 Å². The minimum absolute atomic E-state index is 0.0507. The summed E-state index contributed by atoms with van der Waals surface area (Å²) >= 11 is 0. The maximum atomic E-state index is 12.8. The zero-order valence-electron chi connectivity index (χ0n) is 17.3. The van der Waals surface area contributed by atoms with E-state index in [4.69, 9.17) is 4.74 Å². The first-order valence-electron chi connectivity index (χ1n) is 10.2. The summed E-state index contributed by atoms with van der Waals surface area (Å²) in [5, 5.41) is 0. The summed E-state index contributed by atoms with van der Waals surface area (Å²) in [6.45, 7) is 2.03. The first-order valence-corrected chi connectivity index (χ1v) is 11.7. The van der Waals surface area contributed by atoms with Crippen molar-refractivity contribution in [1.29, 1.82) is 0 Å². The Bertz CT molecular complexity index is 1070. The van der Waals surface area contributed by atoms with E-state index in [1.165, 1.54) is 31.4 Å². The highest BCUT2D eigenvalue weighted by atomic mass is 32.2. The van der Waals surface area contributed by atoms with Crippen LogP contribution < -0.4 is 9.46 Å². The Kier molecular flexibility index (Phi) is 5.86. The van der Waals surface area contributed by atoms with Crippen LogP contribution >= 0.6 is 0 Å². The van der Waals surface area contributed by atoms with Gasteiger partial charge >= 0.3 is 0 Å². The molecule has 31 heavy (non-hydrogen) atoms. The van der Waals surface area contributed by atoms with E-state index in [9.17, 15) is 18.0 Å². The van der Waals surface area contributed by atoms with Gasteiger partial charge in [-0.1, -0.05) is 12.1 Å². The molecule has 1 aliphatic heterocycles. The average Bonchev–Trinajstić information content (AvgIpc) is 3.64. The Morgan fingerprint density at radius 3 is 2.16 bits per heavy atom. The van der Waals surface area contributed by atoms with Crippen molar-refractivity contribution in [3.05, 3.63) is 54.1 Å². The normalized spacial score (nSPS) is 16.7. The summed E-state index contributed by atoms with van der Waals surface area (Å²) < 4.78 is 33.1. The first-order chi connectivity index (χ1) is 14.9. The maximum Gasteiger partial charge on any atom is 0.262 e. The third-order valence-electron chi connectivity index (χ3n) is 5.57. The molecule has 1 saturated heterocycles. The van der Waals surface area contributed by atoms with Gasteiger partial charge in [0.25, 0.3) is 15.9 Å². The Labute approximate surface area is 181 Å². The molecule has 1 heterocycles. The van der Waals surface area contributed by atoms with E-state index in [-0.39, 0.29) is 22.6 Å². The summed E-state index contributed by atoms with van der Waals surface area (Å²) in [6, 6.07) is 12.6. The summed E-state index contributed by atoms with van der Waals surface area (Å²) in [4.78, 5) is 28.5. The zero-order valence-corrected chi connectivity index (χ0v) is 18.1. The van der Waals surface area contributed by atoms with Crippen LogP contribution in [-0.4, -0.2) is 63.3 Å². The summed E-state index contributed by atoms with van der Waals surface area (Å²) in [5.74, 6) is 0.628. The van der Waals surface area contributed by atoms with Gasteiger partial charge in [0.2, 0.25) is 5.91 Å². The van der Waals surface area contributed by atoms with E-state index in [1.807, 2.05) is 4.90 Å². The number of carbonyl (C=O) groups is 2. The number of anilines is 1. The van der Waals surface area contributed by atoms with Crippen LogP contribution in [0.4, 0.5) is 5.69 Å². The number of nitrogens with zero attached hydrogens (tertiary/aromatic N) is 2. The van der Waals surface area contributed by atoms with Crippen molar-refractivity contribution < 1.29 is 22.7 Å². The molecule has 0 unspecified atom stereocenters. The highest BCUT2D eigenvalue weighted by Crippen LogP contribution is 2.31. The molecule has 2 amide bonds. The molecule has 2 aliphatic rings. The number of sulfonamides is 1. The van der Waals surface area contributed by atoms with Crippen LogP contribution in [0.3, 0.4) is 0 Å². The number of benzene rings is 2. The number of carbonyl (C=O) groups excluding carboxylic acids is 2. The molecule has 0 atom stereocenters. The number of rotatable bonds is 6. The van der Waals surface area contributed by atoms with Crippen LogP contribution in [0, 0.1) is 5.92 Å². The molecule has 0 bridgehead atoms. The lowest BCUT2D eigenvalue weighted by Crippen LogP contribution is -2.51. The van der Waals surface area contributed by atoms with Crippen molar-refractivity contribution in [2.24, 2.45) is 5.92 Å². The molecular weight excluding hydrogens is 418 g/mol. The topological polar surface area (TPSA) is 96.0 Å². The van der Waals surface area contributed by atoms with Gasteiger partial charge < -0.3 is 14.5 Å². The molecule has 2 aromatic carbocycles. The van der Waals surface area contributed by atoms with Crippen molar-refractivity contribution in [1.82, 2.24) is 9.80 Å². The quantitative estimate of drug-likeness (QED) is 0.738. The zero-order chi connectivity index (χ0) is 22.0. The number of methoxy groups -OCH3 is 1. The molecule has 164 valence electrons. The molecular formula is C22H25N3O5S. The van der Waals surface area contributed by atoms with Gasteiger partial charge in [0.15, 0.2) is 0 Å². The third-order valence-corrected chi connectivity index (χ3v) is 6.95. The van der Waals surface area contributed by atoms with Crippen LogP contribution in [0.5, 0.6) is 5.75 Å². The van der Waals surface area contributed by atoms with Crippen molar-refractivity contribution >= 4 is 27.5 Å². The van der Waals surface area contributed by atoms with E-state index in [1.54, 1.807) is 29.2 Å². The Balaban J connectivity index is 1.40. The summed E-state index contributed by atoms with van der Waals surface area (Å²) in [7, 11) is -2.36. The number of nitrogens with one attached hydrogen (secondary N) is 1. The van der Waals surface area contributed by atoms with Crippen molar-refractivity contribution in [3.63, 3.8) is 0 Å². The fraction of sp³-hybridized carbons (Fsp3) is 0.364. The van der Waals surface area contributed by atoms with Crippen LogP contribution in [0.1, 0.15) is 23.2 Å². The molecule has 8 nitrogen and oxygen atoms in total. The average molecular weight is 444 g/mol. The fourth-order valence-electron chi connectivity index (χ4n) is 3.61. The highest BCUT2D eigenvalue weighted by Gasteiger charge is 2.35. The monoisotopic (exact) mass is 443 g/mol. The van der Waals surface area contributed by atoms with Crippen molar-refractivity contribution in [3.8, 4) is 5.75 Å². The van der Waals surface area contributed by atoms with Gasteiger partial charge in [-0.05, 0) is 49.2 Å². The predicted molar refractivity (Wildman–Crippen MR) is 115 cm³/mol. The van der Waals surface area contributed by atoms with Gasteiger partial charge in [-0.2, -0.15) is 0 Å². The molecule has 1 aliphatic carbocycles. The number of para-hydroxylation sites is 2. The number of amides is 2. The van der Waals surface area contributed by atoms with Gasteiger partial charge in [-0.25, -0.2) is 8.42 Å². The molecule has 0 radical (unpaired) electrons. The number of ether oxygens (including phenoxy) is 1. The van der Waals surface area contributed by atoms with Crippen molar-refractivity contribution in [2.75, 3.05) is 38.0 Å². The molecule has 1 N–H and O–H groups in total. The van der Waals surface area contributed by atoms with E-state index in [0.29, 0.717) is 43.2 Å². The van der Waals surface area contributed by atoms with Gasteiger partial charge in [-0.3, -0.25) is 14.3 Å². The van der Waals surface area contributed by atoms with Gasteiger partial charge in [0, 0.05) is 37.7 Å². The van der Waals surface area contributed by atoms with E-state index >= 15 is 0 Å². The molecule has 0 aromatic heterocycles. The lowest BCUT2D eigenvalue weighted by Gasteiger charge is -2.35. The maximum absolute atomic E-state index is 12.8. The molecule has 2 fully saturated rings. The number of hydrogen-bond acceptors (Lipinski definition) is 5. The molecule has 2 aromatic rings. The Morgan fingerprint density at radius 2 is 1.55 bits per heavy atom. The second kappa shape index (κ2) is 8.58.